The highest BCUT2D eigenvalue weighted by Gasteiger charge is 2.29. The molecule has 1 heterocycles. The third-order valence-electron chi connectivity index (χ3n) is 3.20. The fourth-order valence-electron chi connectivity index (χ4n) is 2.30. The Morgan fingerprint density at radius 3 is 2.80 bits per heavy atom. The quantitative estimate of drug-likeness (QED) is 0.415. The van der Waals surface area contributed by atoms with Crippen molar-refractivity contribution in [3.8, 4) is 0 Å². The standard InChI is InChI=1S/C11H23N3O/c1-9(7-10(15)13-12)14-6-4-5-11(2,3)8-14/h9H,4-8,12H2,1-3H3,(H,13,15). The number of carbonyl (C=O) groups is 1. The SMILES string of the molecule is CC(CC(=O)NN)N1CCCC(C)(C)C1. The van der Waals surface area contributed by atoms with Crippen LogP contribution in [0.5, 0.6) is 0 Å². The first-order valence-electron chi connectivity index (χ1n) is 5.68. The molecule has 4 nitrogen and oxygen atoms in total. The zero-order chi connectivity index (χ0) is 11.5. The van der Waals surface area contributed by atoms with Crippen molar-refractivity contribution in [1.82, 2.24) is 10.3 Å². The van der Waals surface area contributed by atoms with Gasteiger partial charge in [0.1, 0.15) is 0 Å². The predicted octanol–water partition coefficient (Wildman–Crippen LogP) is 0.877. The number of likely N-dealkylation sites (tertiary alicyclic amines) is 1. The molecular weight excluding hydrogens is 190 g/mol. The number of nitrogens with two attached hydrogens (primary N) is 1. The number of amides is 1. The lowest BCUT2D eigenvalue weighted by atomic mass is 9.83. The molecule has 15 heavy (non-hydrogen) atoms. The summed E-state index contributed by atoms with van der Waals surface area (Å²) in [5.41, 5.74) is 2.57. The molecule has 1 aliphatic rings. The van der Waals surface area contributed by atoms with Crippen molar-refractivity contribution in [1.29, 1.82) is 0 Å². The van der Waals surface area contributed by atoms with Crippen LogP contribution in [-0.2, 0) is 4.79 Å². The van der Waals surface area contributed by atoms with Crippen LogP contribution in [0.15, 0.2) is 0 Å². The van der Waals surface area contributed by atoms with Gasteiger partial charge < -0.3 is 0 Å². The van der Waals surface area contributed by atoms with E-state index >= 15 is 0 Å². The molecule has 3 N–H and O–H groups in total. The number of hydrogen-bond acceptors (Lipinski definition) is 3. The first-order valence-corrected chi connectivity index (χ1v) is 5.68. The largest absolute Gasteiger partial charge is 0.300 e. The number of hydrazine groups is 1. The zero-order valence-electron chi connectivity index (χ0n) is 10.0. The minimum Gasteiger partial charge on any atom is -0.300 e. The summed E-state index contributed by atoms with van der Waals surface area (Å²) >= 11 is 0. The lowest BCUT2D eigenvalue weighted by molar-refractivity contribution is -0.122. The van der Waals surface area contributed by atoms with Gasteiger partial charge in [-0.1, -0.05) is 13.8 Å². The number of rotatable bonds is 3. The second kappa shape index (κ2) is 4.94. The van der Waals surface area contributed by atoms with Gasteiger partial charge in [0.15, 0.2) is 0 Å². The summed E-state index contributed by atoms with van der Waals surface area (Å²) in [4.78, 5) is 13.6. The number of nitrogens with zero attached hydrogens (tertiary/aromatic N) is 1. The number of carbonyl (C=O) groups excluding carboxylic acids is 1. The van der Waals surface area contributed by atoms with E-state index in [2.05, 4.69) is 31.1 Å². The van der Waals surface area contributed by atoms with Crippen LogP contribution in [0.3, 0.4) is 0 Å². The molecule has 0 bridgehead atoms. The molecule has 0 aliphatic carbocycles. The second-order valence-corrected chi connectivity index (χ2v) is 5.36. The molecule has 1 amide bonds. The van der Waals surface area contributed by atoms with Crippen molar-refractivity contribution in [2.45, 2.75) is 46.1 Å². The maximum absolute atomic E-state index is 11.2. The maximum Gasteiger partial charge on any atom is 0.235 e. The van der Waals surface area contributed by atoms with Crippen molar-refractivity contribution in [3.63, 3.8) is 0 Å². The molecule has 0 aromatic heterocycles. The van der Waals surface area contributed by atoms with E-state index < -0.39 is 0 Å². The van der Waals surface area contributed by atoms with E-state index in [1.165, 1.54) is 12.8 Å². The molecule has 1 rings (SSSR count). The third-order valence-corrected chi connectivity index (χ3v) is 3.20. The van der Waals surface area contributed by atoms with Crippen molar-refractivity contribution in [3.05, 3.63) is 0 Å². The summed E-state index contributed by atoms with van der Waals surface area (Å²) in [6.45, 7) is 8.84. The van der Waals surface area contributed by atoms with Crippen LogP contribution in [0.1, 0.15) is 40.0 Å². The molecule has 1 fully saturated rings. The Hall–Kier alpha value is -0.610. The Bertz CT molecular complexity index is 228. The average molecular weight is 213 g/mol. The van der Waals surface area contributed by atoms with Gasteiger partial charge in [-0.15, -0.1) is 0 Å². The molecule has 88 valence electrons. The maximum atomic E-state index is 11.2. The third kappa shape index (κ3) is 3.80. The van der Waals surface area contributed by atoms with Crippen LogP contribution in [0, 0.1) is 5.41 Å². The van der Waals surface area contributed by atoms with Crippen LogP contribution in [0.2, 0.25) is 0 Å². The summed E-state index contributed by atoms with van der Waals surface area (Å²) in [6, 6.07) is 0.285. The summed E-state index contributed by atoms with van der Waals surface area (Å²) in [7, 11) is 0. The molecule has 0 aromatic rings. The van der Waals surface area contributed by atoms with Crippen molar-refractivity contribution < 1.29 is 4.79 Å². The van der Waals surface area contributed by atoms with E-state index in [4.69, 9.17) is 5.84 Å². The van der Waals surface area contributed by atoms with E-state index in [0.717, 1.165) is 13.1 Å². The minimum absolute atomic E-state index is 0.0779. The Morgan fingerprint density at radius 2 is 2.27 bits per heavy atom. The molecule has 0 aromatic carbocycles. The van der Waals surface area contributed by atoms with Gasteiger partial charge >= 0.3 is 0 Å². The van der Waals surface area contributed by atoms with Gasteiger partial charge in [0, 0.05) is 19.0 Å². The molecule has 1 aliphatic heterocycles. The Kier molecular flexibility index (Phi) is 4.11. The minimum atomic E-state index is -0.0779. The van der Waals surface area contributed by atoms with Crippen LogP contribution >= 0.6 is 0 Å². The van der Waals surface area contributed by atoms with Crippen LogP contribution in [0.25, 0.3) is 0 Å². The summed E-state index contributed by atoms with van der Waals surface area (Å²) < 4.78 is 0. The first kappa shape index (κ1) is 12.5. The lowest BCUT2D eigenvalue weighted by Gasteiger charge is -2.41. The van der Waals surface area contributed by atoms with Crippen LogP contribution in [-0.4, -0.2) is 29.9 Å². The van der Waals surface area contributed by atoms with E-state index in [9.17, 15) is 4.79 Å². The predicted molar refractivity (Wildman–Crippen MR) is 61.0 cm³/mol. The smallest absolute Gasteiger partial charge is 0.235 e. The van der Waals surface area contributed by atoms with Crippen LogP contribution < -0.4 is 11.3 Å². The average Bonchev–Trinajstić information content (AvgIpc) is 2.16. The van der Waals surface area contributed by atoms with Crippen molar-refractivity contribution in [2.75, 3.05) is 13.1 Å². The van der Waals surface area contributed by atoms with Crippen molar-refractivity contribution >= 4 is 5.91 Å². The molecular formula is C11H23N3O. The molecule has 1 unspecified atom stereocenters. The van der Waals surface area contributed by atoms with E-state index in [0.29, 0.717) is 11.8 Å². The van der Waals surface area contributed by atoms with Gasteiger partial charge in [0.2, 0.25) is 5.91 Å². The highest BCUT2D eigenvalue weighted by molar-refractivity contribution is 5.75. The molecule has 0 saturated carbocycles. The summed E-state index contributed by atoms with van der Waals surface area (Å²) in [6.07, 6.45) is 2.99. The van der Waals surface area contributed by atoms with Gasteiger partial charge in [-0.2, -0.15) is 0 Å². The Labute approximate surface area is 92.2 Å². The van der Waals surface area contributed by atoms with Gasteiger partial charge in [-0.25, -0.2) is 5.84 Å². The zero-order valence-corrected chi connectivity index (χ0v) is 10.0. The molecule has 1 atom stereocenters. The normalized spacial score (nSPS) is 23.5. The Balaban J connectivity index is 2.45. The highest BCUT2D eigenvalue weighted by atomic mass is 16.2. The monoisotopic (exact) mass is 213 g/mol. The fraction of sp³-hybridized carbons (Fsp3) is 0.909. The fourth-order valence-corrected chi connectivity index (χ4v) is 2.30. The topological polar surface area (TPSA) is 58.4 Å². The molecule has 1 saturated heterocycles. The Morgan fingerprint density at radius 1 is 1.60 bits per heavy atom. The first-order chi connectivity index (χ1) is 6.94. The summed E-state index contributed by atoms with van der Waals surface area (Å²) in [5, 5.41) is 0. The number of hydrogen-bond donors (Lipinski definition) is 2. The van der Waals surface area contributed by atoms with Gasteiger partial charge in [0.05, 0.1) is 0 Å². The van der Waals surface area contributed by atoms with Gasteiger partial charge in [0.25, 0.3) is 0 Å². The highest BCUT2D eigenvalue weighted by Crippen LogP contribution is 2.29. The number of piperidine rings is 1. The van der Waals surface area contributed by atoms with E-state index in [1.807, 2.05) is 0 Å². The van der Waals surface area contributed by atoms with E-state index in [-0.39, 0.29) is 11.9 Å². The summed E-state index contributed by atoms with van der Waals surface area (Å²) in [5.74, 6) is 5.01. The molecule has 4 heteroatoms. The number of nitrogens with one attached hydrogen (secondary N) is 1. The molecule has 0 spiro atoms. The van der Waals surface area contributed by atoms with Gasteiger partial charge in [-0.05, 0) is 31.7 Å². The van der Waals surface area contributed by atoms with E-state index in [1.54, 1.807) is 0 Å². The second-order valence-electron chi connectivity index (χ2n) is 5.36. The van der Waals surface area contributed by atoms with Crippen molar-refractivity contribution in [2.24, 2.45) is 11.3 Å². The van der Waals surface area contributed by atoms with Gasteiger partial charge in [-0.3, -0.25) is 15.1 Å². The lowest BCUT2D eigenvalue weighted by Crippen LogP contribution is -2.46. The van der Waals surface area contributed by atoms with Crippen LogP contribution in [0.4, 0.5) is 0 Å². The molecule has 0 radical (unpaired) electrons.